The van der Waals surface area contributed by atoms with Crippen LogP contribution >= 0.6 is 0 Å². The van der Waals surface area contributed by atoms with Crippen molar-refractivity contribution in [2.75, 3.05) is 13.2 Å². The van der Waals surface area contributed by atoms with Crippen molar-refractivity contribution in [3.05, 3.63) is 59.7 Å². The van der Waals surface area contributed by atoms with E-state index < -0.39 is 42.0 Å². The molecule has 0 heterocycles. The van der Waals surface area contributed by atoms with Crippen LogP contribution in [0.25, 0.3) is 11.1 Å². The molecule has 1 unspecified atom stereocenters. The normalized spacial score (nSPS) is 19.7. The fraction of sp³-hybridized carbons (Fsp3) is 0.348. The first kappa shape index (κ1) is 22.6. The van der Waals surface area contributed by atoms with E-state index >= 15 is 0 Å². The molecule has 0 aromatic heterocycles. The highest BCUT2D eigenvalue weighted by molar-refractivity contribution is 5.86. The third kappa shape index (κ3) is 4.79. The SMILES string of the molecule is O=C(NC(C(=O)NC[C@@H]1C[C@@H]1C(=O)O)C(F)(F)F)OCC1c2ccccc2-c2ccccc21. The standard InChI is InChI=1S/C23H21F3N2O5/c24-23(25,26)19(20(29)27-10-12-9-17(12)21(30)31)28-22(32)33-11-18-15-7-3-1-5-13(15)14-6-2-4-8-16(14)18/h1-8,12,17-19H,9-11H2,(H,27,29)(H,28,32)(H,30,31)/t12-,17-,19?/m0/s1. The number of rotatable bonds is 7. The van der Waals surface area contributed by atoms with Gasteiger partial charge in [0.2, 0.25) is 6.04 Å². The summed E-state index contributed by atoms with van der Waals surface area (Å²) in [7, 11) is 0. The van der Waals surface area contributed by atoms with Crippen LogP contribution in [0.15, 0.2) is 48.5 Å². The maximum Gasteiger partial charge on any atom is 0.417 e. The van der Waals surface area contributed by atoms with E-state index in [2.05, 4.69) is 5.32 Å². The quantitative estimate of drug-likeness (QED) is 0.586. The lowest BCUT2D eigenvalue weighted by Gasteiger charge is -2.21. The van der Waals surface area contributed by atoms with E-state index in [1.807, 2.05) is 48.5 Å². The van der Waals surface area contributed by atoms with Gasteiger partial charge >= 0.3 is 18.2 Å². The van der Waals surface area contributed by atoms with Crippen molar-refractivity contribution in [1.29, 1.82) is 0 Å². The van der Waals surface area contributed by atoms with Crippen LogP contribution in [0.2, 0.25) is 0 Å². The molecule has 2 aromatic carbocycles. The molecule has 0 aliphatic heterocycles. The van der Waals surface area contributed by atoms with Crippen molar-refractivity contribution in [3.8, 4) is 11.1 Å². The summed E-state index contributed by atoms with van der Waals surface area (Å²) in [5.41, 5.74) is 3.73. The van der Waals surface area contributed by atoms with Gasteiger partial charge < -0.3 is 20.5 Å². The van der Waals surface area contributed by atoms with Crippen LogP contribution in [0.4, 0.5) is 18.0 Å². The minimum atomic E-state index is -5.05. The van der Waals surface area contributed by atoms with Gasteiger partial charge in [-0.1, -0.05) is 48.5 Å². The van der Waals surface area contributed by atoms with Crippen LogP contribution in [0.5, 0.6) is 0 Å². The zero-order chi connectivity index (χ0) is 23.8. The molecule has 3 atom stereocenters. The number of alkyl halides is 3. The van der Waals surface area contributed by atoms with E-state index in [9.17, 15) is 27.6 Å². The van der Waals surface area contributed by atoms with Gasteiger partial charge in [-0.25, -0.2) is 4.79 Å². The molecule has 2 aromatic rings. The maximum absolute atomic E-state index is 13.4. The number of carboxylic acids is 1. The van der Waals surface area contributed by atoms with E-state index in [1.165, 1.54) is 0 Å². The third-order valence-corrected chi connectivity index (χ3v) is 5.97. The van der Waals surface area contributed by atoms with Crippen LogP contribution in [0.1, 0.15) is 23.5 Å². The van der Waals surface area contributed by atoms with Crippen molar-refractivity contribution in [2.45, 2.75) is 24.6 Å². The Labute approximate surface area is 186 Å². The molecule has 0 saturated heterocycles. The first-order chi connectivity index (χ1) is 15.7. The fourth-order valence-corrected chi connectivity index (χ4v) is 4.16. The topological polar surface area (TPSA) is 105 Å². The van der Waals surface area contributed by atoms with Gasteiger partial charge in [-0.05, 0) is 34.6 Å². The second-order valence-electron chi connectivity index (χ2n) is 8.13. The molecule has 2 aliphatic carbocycles. The number of carboxylic acid groups (broad SMARTS) is 1. The van der Waals surface area contributed by atoms with Crippen LogP contribution in [0.3, 0.4) is 0 Å². The Morgan fingerprint density at radius 3 is 2.12 bits per heavy atom. The lowest BCUT2D eigenvalue weighted by atomic mass is 9.98. The highest BCUT2D eigenvalue weighted by atomic mass is 19.4. The first-order valence-corrected chi connectivity index (χ1v) is 10.4. The molecule has 3 N–H and O–H groups in total. The summed E-state index contributed by atoms with van der Waals surface area (Å²) < 4.78 is 45.3. The second-order valence-corrected chi connectivity index (χ2v) is 8.13. The van der Waals surface area contributed by atoms with E-state index in [-0.39, 0.29) is 25.5 Å². The molecule has 1 fully saturated rings. The summed E-state index contributed by atoms with van der Waals surface area (Å²) in [4.78, 5) is 35.1. The van der Waals surface area contributed by atoms with Crippen molar-refractivity contribution < 1.29 is 37.4 Å². The van der Waals surface area contributed by atoms with E-state index in [0.29, 0.717) is 0 Å². The molecule has 10 heteroatoms. The zero-order valence-electron chi connectivity index (χ0n) is 17.3. The molecular weight excluding hydrogens is 441 g/mol. The summed E-state index contributed by atoms with van der Waals surface area (Å²) in [6.07, 6.45) is -6.14. The number of carbonyl (C=O) groups excluding carboxylic acids is 2. The Kier molecular flexibility index (Phi) is 6.01. The minimum absolute atomic E-state index is 0.200. The van der Waals surface area contributed by atoms with Gasteiger partial charge in [-0.2, -0.15) is 13.2 Å². The lowest BCUT2D eigenvalue weighted by Crippen LogP contribution is -2.55. The van der Waals surface area contributed by atoms with Crippen molar-refractivity contribution in [1.82, 2.24) is 10.6 Å². The third-order valence-electron chi connectivity index (χ3n) is 5.97. The van der Waals surface area contributed by atoms with Crippen LogP contribution in [-0.4, -0.2) is 48.4 Å². The molecule has 0 bridgehead atoms. The van der Waals surface area contributed by atoms with Gasteiger partial charge in [0, 0.05) is 12.5 Å². The average Bonchev–Trinajstić information content (AvgIpc) is 3.49. The number of halogens is 3. The molecule has 0 spiro atoms. The molecule has 1 saturated carbocycles. The van der Waals surface area contributed by atoms with Gasteiger partial charge in [-0.15, -0.1) is 0 Å². The summed E-state index contributed by atoms with van der Waals surface area (Å²) >= 11 is 0. The summed E-state index contributed by atoms with van der Waals surface area (Å²) in [5.74, 6) is -3.96. The first-order valence-electron chi connectivity index (χ1n) is 10.4. The van der Waals surface area contributed by atoms with Gasteiger partial charge in [0.15, 0.2) is 0 Å². The largest absolute Gasteiger partial charge is 0.481 e. The highest BCUT2D eigenvalue weighted by Gasteiger charge is 2.48. The molecule has 2 amide bonds. The lowest BCUT2D eigenvalue weighted by molar-refractivity contribution is -0.167. The van der Waals surface area contributed by atoms with Crippen molar-refractivity contribution in [2.24, 2.45) is 11.8 Å². The average molecular weight is 462 g/mol. The highest BCUT2D eigenvalue weighted by Crippen LogP contribution is 2.44. The van der Waals surface area contributed by atoms with E-state index in [1.54, 1.807) is 5.32 Å². The summed E-state index contributed by atoms with van der Waals surface area (Å²) in [6, 6.07) is 12.2. The number of alkyl carbamates (subject to hydrolysis) is 1. The molecule has 7 nitrogen and oxygen atoms in total. The smallest absolute Gasteiger partial charge is 0.417 e. The number of benzene rings is 2. The van der Waals surface area contributed by atoms with Gasteiger partial charge in [-0.3, -0.25) is 9.59 Å². The minimum Gasteiger partial charge on any atom is -0.481 e. The Morgan fingerprint density at radius 2 is 1.61 bits per heavy atom. The monoisotopic (exact) mass is 462 g/mol. The van der Waals surface area contributed by atoms with Crippen LogP contribution in [-0.2, 0) is 14.3 Å². The summed E-state index contributed by atoms with van der Waals surface area (Å²) in [5, 5.41) is 12.5. The molecule has 0 radical (unpaired) electrons. The van der Waals surface area contributed by atoms with E-state index in [4.69, 9.17) is 9.84 Å². The number of aliphatic carboxylic acids is 1. The molecule has 174 valence electrons. The van der Waals surface area contributed by atoms with Crippen molar-refractivity contribution in [3.63, 3.8) is 0 Å². The Balaban J connectivity index is 1.37. The number of fused-ring (bicyclic) bond motifs is 3. The number of carbonyl (C=O) groups is 3. The summed E-state index contributed by atoms with van der Waals surface area (Å²) in [6.45, 7) is -0.414. The second kappa shape index (κ2) is 8.76. The van der Waals surface area contributed by atoms with Gasteiger partial charge in [0.1, 0.15) is 6.61 Å². The van der Waals surface area contributed by atoms with Crippen LogP contribution in [0, 0.1) is 11.8 Å². The fourth-order valence-electron chi connectivity index (χ4n) is 4.16. The maximum atomic E-state index is 13.4. The number of hydrogen-bond acceptors (Lipinski definition) is 4. The number of nitrogens with one attached hydrogen (secondary N) is 2. The Hall–Kier alpha value is -3.56. The Bertz CT molecular complexity index is 1040. The van der Waals surface area contributed by atoms with Crippen LogP contribution < -0.4 is 10.6 Å². The van der Waals surface area contributed by atoms with Gasteiger partial charge in [0.25, 0.3) is 5.91 Å². The predicted octanol–water partition coefficient (Wildman–Crippen LogP) is 3.29. The predicted molar refractivity (Wildman–Crippen MR) is 110 cm³/mol. The zero-order valence-corrected chi connectivity index (χ0v) is 17.3. The number of amides is 2. The number of ether oxygens (including phenoxy) is 1. The molecule has 2 aliphatic rings. The molecular formula is C23H21F3N2O5. The van der Waals surface area contributed by atoms with Crippen molar-refractivity contribution >= 4 is 18.0 Å². The van der Waals surface area contributed by atoms with Gasteiger partial charge in [0.05, 0.1) is 5.92 Å². The Morgan fingerprint density at radius 1 is 1.03 bits per heavy atom. The molecule has 33 heavy (non-hydrogen) atoms. The van der Waals surface area contributed by atoms with E-state index in [0.717, 1.165) is 22.3 Å². The number of hydrogen-bond donors (Lipinski definition) is 3. The molecule has 4 rings (SSSR count).